The van der Waals surface area contributed by atoms with E-state index in [2.05, 4.69) is 60.7 Å². The van der Waals surface area contributed by atoms with Gasteiger partial charge in [0, 0.05) is 26.6 Å². The molecule has 0 atom stereocenters. The molecule has 0 amide bonds. The largest absolute Gasteiger partial charge is 0.356 e. The molecule has 0 saturated heterocycles. The molecule has 0 fully saturated rings. The van der Waals surface area contributed by atoms with Crippen LogP contribution in [-0.4, -0.2) is 34.3 Å². The highest BCUT2D eigenvalue weighted by molar-refractivity contribution is 5.79. The molecule has 0 unspecified atom stereocenters. The Morgan fingerprint density at radius 3 is 2.91 bits per heavy atom. The smallest absolute Gasteiger partial charge is 0.191 e. The van der Waals surface area contributed by atoms with E-state index in [-0.39, 0.29) is 0 Å². The van der Waals surface area contributed by atoms with Crippen molar-refractivity contribution in [3.05, 3.63) is 47.5 Å². The molecule has 23 heavy (non-hydrogen) atoms. The summed E-state index contributed by atoms with van der Waals surface area (Å²) in [6.07, 6.45) is 4.36. The Morgan fingerprint density at radius 1 is 1.22 bits per heavy atom. The first-order valence-corrected chi connectivity index (χ1v) is 8.26. The Labute approximate surface area is 137 Å². The highest BCUT2D eigenvalue weighted by Gasteiger charge is 2.16. The number of hydrogen-bond donors (Lipinski definition) is 2. The molecular weight excluding hydrogens is 288 g/mol. The van der Waals surface area contributed by atoms with Crippen molar-refractivity contribution in [2.24, 2.45) is 4.99 Å². The summed E-state index contributed by atoms with van der Waals surface area (Å²) < 4.78 is 2.20. The van der Waals surface area contributed by atoms with E-state index in [0.717, 1.165) is 50.0 Å². The molecule has 1 aliphatic heterocycles. The third kappa shape index (κ3) is 4.09. The minimum Gasteiger partial charge on any atom is -0.356 e. The number of fused-ring (bicyclic) bond motifs is 1. The number of hydrogen-bond acceptors (Lipinski definition) is 3. The fourth-order valence-electron chi connectivity index (χ4n) is 2.87. The maximum atomic E-state index is 4.26. The Kier molecular flexibility index (Phi) is 5.24. The molecule has 0 aliphatic carbocycles. The van der Waals surface area contributed by atoms with Crippen LogP contribution in [0.25, 0.3) is 0 Å². The predicted molar refractivity (Wildman–Crippen MR) is 91.3 cm³/mol. The summed E-state index contributed by atoms with van der Waals surface area (Å²) in [7, 11) is 1.79. The second kappa shape index (κ2) is 7.76. The lowest BCUT2D eigenvalue weighted by Gasteiger charge is -2.11. The first-order chi connectivity index (χ1) is 11.4. The van der Waals surface area contributed by atoms with E-state index < -0.39 is 0 Å². The van der Waals surface area contributed by atoms with Crippen LogP contribution in [0.5, 0.6) is 0 Å². The lowest BCUT2D eigenvalue weighted by molar-refractivity contribution is 0.660. The Morgan fingerprint density at radius 2 is 2.09 bits per heavy atom. The number of aryl methyl sites for hydroxylation is 2. The number of guanidine groups is 1. The zero-order valence-electron chi connectivity index (χ0n) is 13.6. The maximum absolute atomic E-state index is 4.26. The Balaban J connectivity index is 1.40. The number of aliphatic imine (C=N–C) groups is 1. The monoisotopic (exact) mass is 312 g/mol. The van der Waals surface area contributed by atoms with Gasteiger partial charge in [0.25, 0.3) is 0 Å². The Bertz CT molecular complexity index is 646. The molecule has 6 nitrogen and oxygen atoms in total. The van der Waals surface area contributed by atoms with Crippen molar-refractivity contribution < 1.29 is 0 Å². The van der Waals surface area contributed by atoms with Crippen LogP contribution in [0.1, 0.15) is 30.1 Å². The van der Waals surface area contributed by atoms with Crippen molar-refractivity contribution in [1.82, 2.24) is 25.4 Å². The molecule has 0 spiro atoms. The van der Waals surface area contributed by atoms with E-state index in [0.29, 0.717) is 6.54 Å². The summed E-state index contributed by atoms with van der Waals surface area (Å²) in [6, 6.07) is 10.5. The van der Waals surface area contributed by atoms with Gasteiger partial charge >= 0.3 is 0 Å². The normalized spacial score (nSPS) is 13.9. The van der Waals surface area contributed by atoms with Gasteiger partial charge < -0.3 is 15.2 Å². The van der Waals surface area contributed by atoms with Crippen LogP contribution in [0.15, 0.2) is 35.3 Å². The number of benzene rings is 1. The fourth-order valence-corrected chi connectivity index (χ4v) is 2.87. The van der Waals surface area contributed by atoms with Gasteiger partial charge in [-0.25, -0.2) is 0 Å². The highest BCUT2D eigenvalue weighted by Crippen LogP contribution is 2.13. The van der Waals surface area contributed by atoms with Crippen LogP contribution >= 0.6 is 0 Å². The van der Waals surface area contributed by atoms with Crippen LogP contribution in [0.4, 0.5) is 0 Å². The predicted octanol–water partition coefficient (Wildman–Crippen LogP) is 1.52. The van der Waals surface area contributed by atoms with E-state index in [1.165, 1.54) is 12.0 Å². The number of rotatable bonds is 6. The van der Waals surface area contributed by atoms with Crippen molar-refractivity contribution in [2.45, 2.75) is 38.8 Å². The van der Waals surface area contributed by atoms with Crippen LogP contribution < -0.4 is 10.6 Å². The fraction of sp³-hybridized carbons (Fsp3) is 0.471. The van der Waals surface area contributed by atoms with Gasteiger partial charge in [0.2, 0.25) is 0 Å². The van der Waals surface area contributed by atoms with E-state index >= 15 is 0 Å². The zero-order valence-corrected chi connectivity index (χ0v) is 13.6. The van der Waals surface area contributed by atoms with Crippen molar-refractivity contribution >= 4 is 5.96 Å². The average molecular weight is 312 g/mol. The first kappa shape index (κ1) is 15.5. The van der Waals surface area contributed by atoms with E-state index in [1.807, 2.05) is 0 Å². The molecule has 2 N–H and O–H groups in total. The molecule has 0 bridgehead atoms. The summed E-state index contributed by atoms with van der Waals surface area (Å²) >= 11 is 0. The molecule has 122 valence electrons. The van der Waals surface area contributed by atoms with Crippen LogP contribution in [0.3, 0.4) is 0 Å². The lowest BCUT2D eigenvalue weighted by Crippen LogP contribution is -2.38. The molecule has 1 aliphatic rings. The quantitative estimate of drug-likeness (QED) is 0.482. The third-order valence-corrected chi connectivity index (χ3v) is 4.10. The molecule has 2 heterocycles. The summed E-state index contributed by atoms with van der Waals surface area (Å²) in [4.78, 5) is 4.26. The van der Waals surface area contributed by atoms with Gasteiger partial charge in [-0.2, -0.15) is 0 Å². The molecule has 3 rings (SSSR count). The van der Waals surface area contributed by atoms with Crippen molar-refractivity contribution in [2.75, 3.05) is 13.6 Å². The minimum absolute atomic E-state index is 0.658. The minimum atomic E-state index is 0.658. The van der Waals surface area contributed by atoms with Crippen LogP contribution in [-0.2, 0) is 25.9 Å². The van der Waals surface area contributed by atoms with Gasteiger partial charge in [0.1, 0.15) is 5.82 Å². The summed E-state index contributed by atoms with van der Waals surface area (Å²) in [5, 5.41) is 15.1. The van der Waals surface area contributed by atoms with Gasteiger partial charge in [0.05, 0.1) is 6.54 Å². The molecule has 0 radical (unpaired) electrons. The zero-order chi connectivity index (χ0) is 15.9. The van der Waals surface area contributed by atoms with Crippen molar-refractivity contribution in [3.8, 4) is 0 Å². The average Bonchev–Trinajstić information content (AvgIpc) is 3.19. The van der Waals surface area contributed by atoms with Crippen molar-refractivity contribution in [3.63, 3.8) is 0 Å². The molecule has 6 heteroatoms. The van der Waals surface area contributed by atoms with Gasteiger partial charge in [-0.15, -0.1) is 10.2 Å². The highest BCUT2D eigenvalue weighted by atomic mass is 15.3. The summed E-state index contributed by atoms with van der Waals surface area (Å²) in [5.74, 6) is 2.91. The van der Waals surface area contributed by atoms with Crippen molar-refractivity contribution in [1.29, 1.82) is 0 Å². The summed E-state index contributed by atoms with van der Waals surface area (Å²) in [5.41, 5.74) is 1.37. The van der Waals surface area contributed by atoms with E-state index in [9.17, 15) is 0 Å². The van der Waals surface area contributed by atoms with Gasteiger partial charge in [-0.1, -0.05) is 30.3 Å². The summed E-state index contributed by atoms with van der Waals surface area (Å²) in [6.45, 7) is 2.58. The lowest BCUT2D eigenvalue weighted by atomic mass is 10.1. The van der Waals surface area contributed by atoms with Gasteiger partial charge in [-0.3, -0.25) is 4.99 Å². The van der Waals surface area contributed by atoms with Gasteiger partial charge in [-0.05, 0) is 24.8 Å². The molecular formula is C17H24N6. The standard InChI is InChI=1S/C17H24N6/c1-18-17(19-11-5-9-14-7-3-2-4-8-14)20-13-16-22-21-15-10-6-12-23(15)16/h2-4,7-8H,5-6,9-13H2,1H3,(H2,18,19,20). The van der Waals surface area contributed by atoms with Gasteiger partial charge in [0.15, 0.2) is 11.8 Å². The molecule has 2 aromatic rings. The number of nitrogens with zero attached hydrogens (tertiary/aromatic N) is 4. The Hall–Kier alpha value is -2.37. The number of nitrogens with one attached hydrogen (secondary N) is 2. The second-order valence-electron chi connectivity index (χ2n) is 5.73. The number of aromatic nitrogens is 3. The molecule has 0 saturated carbocycles. The van der Waals surface area contributed by atoms with E-state index in [4.69, 9.17) is 0 Å². The van der Waals surface area contributed by atoms with Crippen LogP contribution in [0.2, 0.25) is 0 Å². The second-order valence-corrected chi connectivity index (χ2v) is 5.73. The topological polar surface area (TPSA) is 67.1 Å². The molecule has 1 aromatic carbocycles. The van der Waals surface area contributed by atoms with Crippen LogP contribution in [0, 0.1) is 0 Å². The maximum Gasteiger partial charge on any atom is 0.191 e. The molecule has 1 aromatic heterocycles. The first-order valence-electron chi connectivity index (χ1n) is 8.26. The SMILES string of the molecule is CN=C(NCCCc1ccccc1)NCc1nnc2n1CCC2. The third-order valence-electron chi connectivity index (χ3n) is 4.10. The van der Waals surface area contributed by atoms with E-state index in [1.54, 1.807) is 7.05 Å².